The zero-order valence-electron chi connectivity index (χ0n) is 9.40. The lowest BCUT2D eigenvalue weighted by molar-refractivity contribution is -0.140. The maximum Gasteiger partial charge on any atom is 0.335 e. The van der Waals surface area contributed by atoms with Crippen molar-refractivity contribution in [2.45, 2.75) is 18.7 Å². The fourth-order valence-electron chi connectivity index (χ4n) is 1.48. The highest BCUT2D eigenvalue weighted by Crippen LogP contribution is 2.16. The van der Waals surface area contributed by atoms with E-state index in [0.717, 1.165) is 5.56 Å². The van der Waals surface area contributed by atoms with E-state index in [4.69, 9.17) is 16.7 Å². The first kappa shape index (κ1) is 13.5. The largest absolute Gasteiger partial charge is 0.478 e. The molecule has 92 valence electrons. The number of carbonyl (C=O) groups excluding carboxylic acids is 1. The zero-order valence-corrected chi connectivity index (χ0v) is 10.2. The van der Waals surface area contributed by atoms with Crippen LogP contribution in [0.4, 0.5) is 0 Å². The molecule has 1 aromatic rings. The minimum Gasteiger partial charge on any atom is -0.478 e. The molecule has 0 aliphatic rings. The third-order valence-corrected chi connectivity index (χ3v) is 2.69. The molecule has 4 nitrogen and oxygen atoms in total. The number of carbonyl (C=O) groups is 2. The van der Waals surface area contributed by atoms with Gasteiger partial charge in [-0.25, -0.2) is 4.79 Å². The number of benzene rings is 1. The number of carboxylic acids is 1. The van der Waals surface area contributed by atoms with E-state index in [0.29, 0.717) is 17.9 Å². The van der Waals surface area contributed by atoms with Crippen molar-refractivity contribution < 1.29 is 19.4 Å². The average molecular weight is 257 g/mol. The highest BCUT2D eigenvalue weighted by Gasteiger charge is 2.12. The van der Waals surface area contributed by atoms with Crippen molar-refractivity contribution in [3.63, 3.8) is 0 Å². The van der Waals surface area contributed by atoms with Gasteiger partial charge in [0.25, 0.3) is 0 Å². The molecule has 0 bridgehead atoms. The highest BCUT2D eigenvalue weighted by molar-refractivity contribution is 6.17. The summed E-state index contributed by atoms with van der Waals surface area (Å²) in [5, 5.41) is 9.00. The molecule has 0 spiro atoms. The number of hydrogen-bond donors (Lipinski definition) is 1. The molecule has 0 saturated carbocycles. The SMILES string of the molecule is COC(=O)CCc1cc(CCl)ccc1C(=O)O. The van der Waals surface area contributed by atoms with Crippen LogP contribution in [0.15, 0.2) is 18.2 Å². The Hall–Kier alpha value is -1.55. The first-order valence-corrected chi connectivity index (χ1v) is 5.59. The maximum atomic E-state index is 11.0. The Morgan fingerprint density at radius 1 is 1.41 bits per heavy atom. The Labute approximate surface area is 104 Å². The van der Waals surface area contributed by atoms with Crippen LogP contribution in [0, 0.1) is 0 Å². The topological polar surface area (TPSA) is 63.6 Å². The third kappa shape index (κ3) is 3.75. The van der Waals surface area contributed by atoms with Crippen molar-refractivity contribution in [1.82, 2.24) is 0 Å². The fraction of sp³-hybridized carbons (Fsp3) is 0.333. The number of ether oxygens (including phenoxy) is 1. The lowest BCUT2D eigenvalue weighted by atomic mass is 10.0. The molecule has 17 heavy (non-hydrogen) atoms. The summed E-state index contributed by atoms with van der Waals surface area (Å²) in [6.07, 6.45) is 0.488. The van der Waals surface area contributed by atoms with Gasteiger partial charge in [0, 0.05) is 12.3 Å². The number of halogens is 1. The van der Waals surface area contributed by atoms with E-state index in [1.165, 1.54) is 13.2 Å². The molecule has 0 atom stereocenters. The molecule has 0 unspecified atom stereocenters. The van der Waals surface area contributed by atoms with Crippen LogP contribution in [0.3, 0.4) is 0 Å². The number of esters is 1. The van der Waals surface area contributed by atoms with Gasteiger partial charge < -0.3 is 9.84 Å². The van der Waals surface area contributed by atoms with Crippen molar-refractivity contribution in [2.75, 3.05) is 7.11 Å². The quantitative estimate of drug-likeness (QED) is 0.648. The Kier molecular flexibility index (Phi) is 4.97. The standard InChI is InChI=1S/C12H13ClO4/c1-17-11(14)5-3-9-6-8(7-13)2-4-10(9)12(15)16/h2,4,6H,3,5,7H2,1H3,(H,15,16). The van der Waals surface area contributed by atoms with Crippen LogP contribution in [-0.4, -0.2) is 24.2 Å². The number of methoxy groups -OCH3 is 1. The molecule has 0 amide bonds. The Balaban J connectivity index is 2.93. The van der Waals surface area contributed by atoms with Crippen LogP contribution >= 0.6 is 11.6 Å². The van der Waals surface area contributed by atoms with Crippen LogP contribution in [0.5, 0.6) is 0 Å². The number of aromatic carboxylic acids is 1. The highest BCUT2D eigenvalue weighted by atomic mass is 35.5. The van der Waals surface area contributed by atoms with Gasteiger partial charge in [-0.1, -0.05) is 12.1 Å². The summed E-state index contributed by atoms with van der Waals surface area (Å²) in [6.45, 7) is 0. The number of hydrogen-bond acceptors (Lipinski definition) is 3. The predicted octanol–water partition coefficient (Wildman–Crippen LogP) is 2.23. The summed E-state index contributed by atoms with van der Waals surface area (Å²) < 4.78 is 4.52. The summed E-state index contributed by atoms with van der Waals surface area (Å²) >= 11 is 5.68. The van der Waals surface area contributed by atoms with Crippen molar-refractivity contribution in [1.29, 1.82) is 0 Å². The minimum atomic E-state index is -1.01. The minimum absolute atomic E-state index is 0.155. The molecule has 5 heteroatoms. The molecule has 1 N–H and O–H groups in total. The monoisotopic (exact) mass is 256 g/mol. The van der Waals surface area contributed by atoms with Gasteiger partial charge in [0.05, 0.1) is 12.7 Å². The lowest BCUT2D eigenvalue weighted by Crippen LogP contribution is -2.07. The number of aryl methyl sites for hydroxylation is 1. The first-order chi connectivity index (χ1) is 8.08. The van der Waals surface area contributed by atoms with E-state index >= 15 is 0 Å². The van der Waals surface area contributed by atoms with E-state index in [-0.39, 0.29) is 18.0 Å². The van der Waals surface area contributed by atoms with Crippen LogP contribution in [0.1, 0.15) is 27.9 Å². The van der Waals surface area contributed by atoms with Crippen LogP contribution in [0.25, 0.3) is 0 Å². The van der Waals surface area contributed by atoms with Gasteiger partial charge in [0.15, 0.2) is 0 Å². The van der Waals surface area contributed by atoms with Gasteiger partial charge in [0.1, 0.15) is 0 Å². The smallest absolute Gasteiger partial charge is 0.335 e. The molecule has 0 aliphatic carbocycles. The molecular formula is C12H13ClO4. The van der Waals surface area contributed by atoms with E-state index < -0.39 is 5.97 Å². The van der Waals surface area contributed by atoms with Crippen molar-refractivity contribution in [3.8, 4) is 0 Å². The summed E-state index contributed by atoms with van der Waals surface area (Å²) in [4.78, 5) is 22.0. The summed E-state index contributed by atoms with van der Waals surface area (Å²) in [7, 11) is 1.30. The van der Waals surface area contributed by atoms with Gasteiger partial charge in [-0.3, -0.25) is 4.79 Å². The lowest BCUT2D eigenvalue weighted by Gasteiger charge is -2.07. The van der Waals surface area contributed by atoms with Gasteiger partial charge in [-0.2, -0.15) is 0 Å². The van der Waals surface area contributed by atoms with E-state index in [9.17, 15) is 9.59 Å². The molecule has 0 heterocycles. The zero-order chi connectivity index (χ0) is 12.8. The molecule has 0 saturated heterocycles. The third-order valence-electron chi connectivity index (χ3n) is 2.38. The average Bonchev–Trinajstić information content (AvgIpc) is 2.35. The summed E-state index contributed by atoms with van der Waals surface area (Å²) in [6, 6.07) is 4.88. The molecule has 0 aliphatic heterocycles. The van der Waals surface area contributed by atoms with Gasteiger partial charge in [0.2, 0.25) is 0 Å². The molecule has 0 aromatic heterocycles. The number of rotatable bonds is 5. The molecular weight excluding hydrogens is 244 g/mol. The van der Waals surface area contributed by atoms with Crippen LogP contribution in [0.2, 0.25) is 0 Å². The van der Waals surface area contributed by atoms with E-state index in [2.05, 4.69) is 4.74 Å². The normalized spacial score (nSPS) is 10.0. The fourth-order valence-corrected chi connectivity index (χ4v) is 1.65. The van der Waals surface area contributed by atoms with E-state index in [1.54, 1.807) is 12.1 Å². The summed E-state index contributed by atoms with van der Waals surface area (Å²) in [5.41, 5.74) is 1.63. The molecule has 1 rings (SSSR count). The Morgan fingerprint density at radius 3 is 2.65 bits per heavy atom. The second-order valence-corrected chi connectivity index (χ2v) is 3.77. The van der Waals surface area contributed by atoms with E-state index in [1.807, 2.05) is 0 Å². The molecule has 0 radical (unpaired) electrons. The van der Waals surface area contributed by atoms with Crippen molar-refractivity contribution in [2.24, 2.45) is 0 Å². The molecule has 0 fully saturated rings. The molecule has 1 aromatic carbocycles. The van der Waals surface area contributed by atoms with Crippen molar-refractivity contribution in [3.05, 3.63) is 34.9 Å². The second-order valence-electron chi connectivity index (χ2n) is 3.51. The number of carboxylic acid groups (broad SMARTS) is 1. The number of alkyl halides is 1. The Morgan fingerprint density at radius 2 is 2.12 bits per heavy atom. The van der Waals surface area contributed by atoms with Crippen LogP contribution in [-0.2, 0) is 21.8 Å². The maximum absolute atomic E-state index is 11.0. The van der Waals surface area contributed by atoms with Gasteiger partial charge in [-0.15, -0.1) is 11.6 Å². The van der Waals surface area contributed by atoms with Gasteiger partial charge in [-0.05, 0) is 23.6 Å². The predicted molar refractivity (Wildman–Crippen MR) is 63.3 cm³/mol. The Bertz CT molecular complexity index is 429. The van der Waals surface area contributed by atoms with Crippen molar-refractivity contribution >= 4 is 23.5 Å². The first-order valence-electron chi connectivity index (χ1n) is 5.06. The second kappa shape index (κ2) is 6.25. The van der Waals surface area contributed by atoms with Crippen LogP contribution < -0.4 is 0 Å². The van der Waals surface area contributed by atoms with Gasteiger partial charge >= 0.3 is 11.9 Å². The summed E-state index contributed by atoms with van der Waals surface area (Å²) in [5.74, 6) is -1.06.